The maximum Gasteiger partial charge on any atom is 0.338 e. The van der Waals surface area contributed by atoms with Crippen LogP contribution in [0.5, 0.6) is 0 Å². The maximum absolute atomic E-state index is 12.3. The van der Waals surface area contributed by atoms with E-state index in [1.807, 2.05) is 24.3 Å². The van der Waals surface area contributed by atoms with Crippen LogP contribution in [-0.2, 0) is 9.53 Å². The summed E-state index contributed by atoms with van der Waals surface area (Å²) in [6.45, 7) is 2.18. The molecule has 7 heteroatoms. The van der Waals surface area contributed by atoms with Crippen LogP contribution >= 0.6 is 23.2 Å². The fourth-order valence-corrected chi connectivity index (χ4v) is 3.27. The molecule has 0 N–H and O–H groups in total. The molecule has 1 saturated heterocycles. The van der Waals surface area contributed by atoms with Gasteiger partial charge in [-0.05, 0) is 30.3 Å². The lowest BCUT2D eigenvalue weighted by molar-refractivity contribution is -0.134. The summed E-state index contributed by atoms with van der Waals surface area (Å²) in [6.07, 6.45) is 0. The van der Waals surface area contributed by atoms with Gasteiger partial charge in [-0.25, -0.2) is 4.79 Å². The molecule has 0 atom stereocenters. The zero-order chi connectivity index (χ0) is 18.5. The van der Waals surface area contributed by atoms with E-state index in [1.165, 1.54) is 6.07 Å². The van der Waals surface area contributed by atoms with E-state index in [4.69, 9.17) is 27.9 Å². The van der Waals surface area contributed by atoms with Crippen LogP contribution in [0.15, 0.2) is 48.5 Å². The van der Waals surface area contributed by atoms with Crippen LogP contribution in [0.1, 0.15) is 10.4 Å². The van der Waals surface area contributed by atoms with Gasteiger partial charge in [0.15, 0.2) is 6.61 Å². The Morgan fingerprint density at radius 1 is 0.962 bits per heavy atom. The summed E-state index contributed by atoms with van der Waals surface area (Å²) in [7, 11) is 0. The van der Waals surface area contributed by atoms with E-state index in [-0.39, 0.29) is 12.5 Å². The molecule has 0 aromatic heterocycles. The van der Waals surface area contributed by atoms with Crippen molar-refractivity contribution in [3.8, 4) is 0 Å². The predicted octanol–water partition coefficient (Wildman–Crippen LogP) is 3.50. The fraction of sp³-hybridized carbons (Fsp3) is 0.263. The highest BCUT2D eigenvalue weighted by atomic mass is 35.5. The number of carbonyl (C=O) groups is 2. The van der Waals surface area contributed by atoms with Crippen molar-refractivity contribution in [2.45, 2.75) is 0 Å². The Labute approximate surface area is 162 Å². The molecule has 2 aromatic rings. The summed E-state index contributed by atoms with van der Waals surface area (Å²) in [5, 5.41) is 1.14. The van der Waals surface area contributed by atoms with Gasteiger partial charge in [-0.3, -0.25) is 4.79 Å². The number of para-hydroxylation sites is 1. The zero-order valence-corrected chi connectivity index (χ0v) is 15.5. The topological polar surface area (TPSA) is 49.9 Å². The lowest BCUT2D eigenvalue weighted by Gasteiger charge is -2.36. The Morgan fingerprint density at radius 3 is 2.38 bits per heavy atom. The fourth-order valence-electron chi connectivity index (χ4n) is 2.82. The molecule has 2 aromatic carbocycles. The van der Waals surface area contributed by atoms with Crippen molar-refractivity contribution < 1.29 is 14.3 Å². The highest BCUT2D eigenvalue weighted by Gasteiger charge is 2.23. The van der Waals surface area contributed by atoms with Gasteiger partial charge in [0.05, 0.1) is 16.3 Å². The standard InChI is InChI=1S/C19H18Cl2N2O3/c20-15-5-3-4-14(12-15)19(25)26-13-18(24)23-10-8-22(9-11-23)17-7-2-1-6-16(17)21/h1-7,12H,8-11,13H2. The van der Waals surface area contributed by atoms with E-state index in [9.17, 15) is 9.59 Å². The molecular formula is C19H18Cl2N2O3. The molecule has 0 radical (unpaired) electrons. The van der Waals surface area contributed by atoms with Crippen molar-refractivity contribution in [3.63, 3.8) is 0 Å². The molecule has 1 fully saturated rings. The number of hydrogen-bond acceptors (Lipinski definition) is 4. The lowest BCUT2D eigenvalue weighted by atomic mass is 10.2. The third kappa shape index (κ3) is 4.48. The molecule has 136 valence electrons. The second-order valence-corrected chi connectivity index (χ2v) is 6.75. The molecule has 0 unspecified atom stereocenters. The number of halogens is 2. The number of amides is 1. The van der Waals surface area contributed by atoms with Crippen LogP contribution in [0.3, 0.4) is 0 Å². The number of esters is 1. The predicted molar refractivity (Wildman–Crippen MR) is 102 cm³/mol. The van der Waals surface area contributed by atoms with Crippen molar-refractivity contribution in [1.82, 2.24) is 4.90 Å². The number of ether oxygens (including phenoxy) is 1. The first-order chi connectivity index (χ1) is 12.5. The van der Waals surface area contributed by atoms with E-state index >= 15 is 0 Å². The van der Waals surface area contributed by atoms with Crippen molar-refractivity contribution in [2.24, 2.45) is 0 Å². The van der Waals surface area contributed by atoms with Gasteiger partial charge in [0, 0.05) is 31.2 Å². The van der Waals surface area contributed by atoms with Crippen LogP contribution in [0.2, 0.25) is 10.0 Å². The highest BCUT2D eigenvalue weighted by Crippen LogP contribution is 2.26. The van der Waals surface area contributed by atoms with Crippen molar-refractivity contribution in [3.05, 3.63) is 64.1 Å². The van der Waals surface area contributed by atoms with Crippen molar-refractivity contribution >= 4 is 40.8 Å². The average Bonchev–Trinajstić information content (AvgIpc) is 2.66. The molecule has 1 heterocycles. The second kappa shape index (κ2) is 8.43. The Morgan fingerprint density at radius 2 is 1.69 bits per heavy atom. The minimum Gasteiger partial charge on any atom is -0.452 e. The van der Waals surface area contributed by atoms with E-state index in [1.54, 1.807) is 23.1 Å². The molecule has 0 bridgehead atoms. The molecular weight excluding hydrogens is 375 g/mol. The van der Waals surface area contributed by atoms with Gasteiger partial charge in [0.1, 0.15) is 0 Å². The summed E-state index contributed by atoms with van der Waals surface area (Å²) in [6, 6.07) is 14.1. The average molecular weight is 393 g/mol. The number of rotatable bonds is 4. The van der Waals surface area contributed by atoms with Crippen molar-refractivity contribution in [2.75, 3.05) is 37.7 Å². The number of hydrogen-bond donors (Lipinski definition) is 0. The van der Waals surface area contributed by atoms with Crippen LogP contribution in [0.4, 0.5) is 5.69 Å². The van der Waals surface area contributed by atoms with Gasteiger partial charge in [0.2, 0.25) is 0 Å². The Balaban J connectivity index is 1.49. The quantitative estimate of drug-likeness (QED) is 0.747. The first kappa shape index (κ1) is 18.5. The molecule has 5 nitrogen and oxygen atoms in total. The number of benzene rings is 2. The number of carbonyl (C=O) groups excluding carboxylic acids is 2. The molecule has 1 aliphatic rings. The molecule has 0 spiro atoms. The summed E-state index contributed by atoms with van der Waals surface area (Å²) >= 11 is 12.1. The SMILES string of the molecule is O=C(OCC(=O)N1CCN(c2ccccc2Cl)CC1)c1cccc(Cl)c1. The molecule has 0 aliphatic carbocycles. The van der Waals surface area contributed by atoms with Gasteiger partial charge < -0.3 is 14.5 Å². The lowest BCUT2D eigenvalue weighted by Crippen LogP contribution is -2.50. The van der Waals surface area contributed by atoms with Crippen LogP contribution in [0.25, 0.3) is 0 Å². The van der Waals surface area contributed by atoms with Crippen LogP contribution in [0, 0.1) is 0 Å². The summed E-state index contributed by atoms with van der Waals surface area (Å²) < 4.78 is 5.11. The molecule has 3 rings (SSSR count). The van der Waals surface area contributed by atoms with Crippen LogP contribution < -0.4 is 4.90 Å². The zero-order valence-electron chi connectivity index (χ0n) is 14.0. The van der Waals surface area contributed by atoms with Gasteiger partial charge in [-0.2, -0.15) is 0 Å². The Bertz CT molecular complexity index is 805. The van der Waals surface area contributed by atoms with E-state index in [0.29, 0.717) is 41.8 Å². The summed E-state index contributed by atoms with van der Waals surface area (Å²) in [4.78, 5) is 28.1. The van der Waals surface area contributed by atoms with Gasteiger partial charge in [0.25, 0.3) is 5.91 Å². The molecule has 1 aliphatic heterocycles. The first-order valence-electron chi connectivity index (χ1n) is 8.24. The Kier molecular flexibility index (Phi) is 6.01. The largest absolute Gasteiger partial charge is 0.452 e. The first-order valence-corrected chi connectivity index (χ1v) is 9.00. The molecule has 0 saturated carbocycles. The molecule has 26 heavy (non-hydrogen) atoms. The molecule has 1 amide bonds. The van der Waals surface area contributed by atoms with Crippen LogP contribution in [-0.4, -0.2) is 49.6 Å². The summed E-state index contributed by atoms with van der Waals surface area (Å²) in [5.74, 6) is -0.769. The number of nitrogens with zero attached hydrogens (tertiary/aromatic N) is 2. The highest BCUT2D eigenvalue weighted by molar-refractivity contribution is 6.33. The van der Waals surface area contributed by atoms with E-state index in [2.05, 4.69) is 4.90 Å². The minimum absolute atomic E-state index is 0.209. The second-order valence-electron chi connectivity index (χ2n) is 5.91. The Hall–Kier alpha value is -2.24. The van der Waals surface area contributed by atoms with E-state index < -0.39 is 5.97 Å². The number of piperazine rings is 1. The smallest absolute Gasteiger partial charge is 0.338 e. The third-order valence-electron chi connectivity index (χ3n) is 4.21. The monoisotopic (exact) mass is 392 g/mol. The van der Waals surface area contributed by atoms with Gasteiger partial charge in [-0.15, -0.1) is 0 Å². The van der Waals surface area contributed by atoms with Gasteiger partial charge in [-0.1, -0.05) is 41.4 Å². The van der Waals surface area contributed by atoms with E-state index in [0.717, 1.165) is 5.69 Å². The third-order valence-corrected chi connectivity index (χ3v) is 4.77. The normalized spacial score (nSPS) is 14.2. The van der Waals surface area contributed by atoms with Gasteiger partial charge >= 0.3 is 5.97 Å². The summed E-state index contributed by atoms with van der Waals surface area (Å²) in [5.41, 5.74) is 1.29. The minimum atomic E-state index is -0.560. The van der Waals surface area contributed by atoms with Crippen molar-refractivity contribution in [1.29, 1.82) is 0 Å². The number of anilines is 1. The maximum atomic E-state index is 12.3.